The highest BCUT2D eigenvalue weighted by atomic mass is 35.5. The monoisotopic (exact) mass is 423 g/mol. The summed E-state index contributed by atoms with van der Waals surface area (Å²) in [5, 5.41) is 10.7. The van der Waals surface area contributed by atoms with Crippen molar-refractivity contribution in [2.45, 2.75) is 20.3 Å². The Kier molecular flexibility index (Phi) is 5.63. The molecule has 5 nitrogen and oxygen atoms in total. The van der Waals surface area contributed by atoms with Crippen LogP contribution in [0.25, 0.3) is 10.9 Å². The number of carbonyl (C=O) groups is 2. The lowest BCUT2D eigenvalue weighted by Crippen LogP contribution is -2.14. The van der Waals surface area contributed by atoms with E-state index in [1.807, 2.05) is 0 Å². The van der Waals surface area contributed by atoms with E-state index >= 15 is 0 Å². The fourth-order valence-corrected chi connectivity index (χ4v) is 3.39. The normalized spacial score (nSPS) is 11.0. The van der Waals surface area contributed by atoms with Gasteiger partial charge in [-0.25, -0.2) is 4.39 Å². The molecule has 3 aromatic rings. The van der Waals surface area contributed by atoms with Gasteiger partial charge in [0.15, 0.2) is 11.6 Å². The Bertz CT molecular complexity index is 1110. The quantitative estimate of drug-likeness (QED) is 0.606. The molecule has 0 aliphatic rings. The Morgan fingerprint density at radius 3 is 2.54 bits per heavy atom. The van der Waals surface area contributed by atoms with Crippen molar-refractivity contribution in [1.82, 2.24) is 4.57 Å². The number of esters is 1. The van der Waals surface area contributed by atoms with Crippen LogP contribution in [0.1, 0.15) is 28.5 Å². The number of phenols is 1. The first kappa shape index (κ1) is 20.2. The van der Waals surface area contributed by atoms with Gasteiger partial charge in [-0.2, -0.15) is 0 Å². The minimum Gasteiger partial charge on any atom is -0.505 e. The van der Waals surface area contributed by atoms with Crippen LogP contribution in [0.3, 0.4) is 0 Å². The average molecular weight is 424 g/mol. The SMILES string of the molecule is CCOC(=O)Cc1c(C)n(C(=O)c2ccc(Cl)c(Cl)c2)c2cc(F)c(O)cc12. The van der Waals surface area contributed by atoms with E-state index in [1.54, 1.807) is 13.8 Å². The average Bonchev–Trinajstić information content (AvgIpc) is 2.89. The fraction of sp³-hybridized carbons (Fsp3) is 0.200. The van der Waals surface area contributed by atoms with Crippen LogP contribution in [-0.4, -0.2) is 28.2 Å². The molecule has 0 aliphatic carbocycles. The molecule has 0 saturated heterocycles. The van der Waals surface area contributed by atoms with Gasteiger partial charge in [-0.3, -0.25) is 14.2 Å². The molecule has 8 heteroatoms. The number of aromatic hydroxyl groups is 1. The number of hydrogen-bond donors (Lipinski definition) is 1. The summed E-state index contributed by atoms with van der Waals surface area (Å²) in [6.45, 7) is 3.53. The highest BCUT2D eigenvalue weighted by Gasteiger charge is 2.23. The van der Waals surface area contributed by atoms with E-state index in [1.165, 1.54) is 28.8 Å². The largest absolute Gasteiger partial charge is 0.505 e. The number of aromatic nitrogens is 1. The number of benzene rings is 2. The van der Waals surface area contributed by atoms with Gasteiger partial charge in [0.1, 0.15) is 0 Å². The van der Waals surface area contributed by atoms with Crippen LogP contribution in [0.2, 0.25) is 10.0 Å². The van der Waals surface area contributed by atoms with Gasteiger partial charge in [0.2, 0.25) is 0 Å². The minimum absolute atomic E-state index is 0.122. The Labute approximate surface area is 170 Å². The van der Waals surface area contributed by atoms with Crippen LogP contribution in [0.15, 0.2) is 30.3 Å². The third kappa shape index (κ3) is 3.57. The zero-order valence-corrected chi connectivity index (χ0v) is 16.6. The van der Waals surface area contributed by atoms with Crippen molar-refractivity contribution in [3.63, 3.8) is 0 Å². The van der Waals surface area contributed by atoms with Crippen LogP contribution in [0, 0.1) is 12.7 Å². The van der Waals surface area contributed by atoms with Gasteiger partial charge in [0.05, 0.1) is 28.6 Å². The number of nitrogens with zero attached hydrogens (tertiary/aromatic N) is 1. The van der Waals surface area contributed by atoms with Crippen molar-refractivity contribution in [2.75, 3.05) is 6.61 Å². The number of hydrogen-bond acceptors (Lipinski definition) is 4. The van der Waals surface area contributed by atoms with E-state index in [0.717, 1.165) is 6.07 Å². The summed E-state index contributed by atoms with van der Waals surface area (Å²) in [5.41, 5.74) is 1.37. The Hall–Kier alpha value is -2.57. The molecule has 28 heavy (non-hydrogen) atoms. The number of halogens is 3. The van der Waals surface area contributed by atoms with Crippen molar-refractivity contribution in [2.24, 2.45) is 0 Å². The number of ether oxygens (including phenoxy) is 1. The van der Waals surface area contributed by atoms with Crippen LogP contribution in [0.5, 0.6) is 5.75 Å². The number of carbonyl (C=O) groups excluding carboxylic acids is 2. The molecule has 0 radical (unpaired) electrons. The van der Waals surface area contributed by atoms with Gasteiger partial charge in [0.25, 0.3) is 5.91 Å². The number of rotatable bonds is 4. The molecule has 2 aromatic carbocycles. The third-order valence-corrected chi connectivity index (χ3v) is 5.14. The molecule has 146 valence electrons. The Morgan fingerprint density at radius 1 is 1.18 bits per heavy atom. The van der Waals surface area contributed by atoms with E-state index in [9.17, 15) is 19.1 Å². The first-order valence-corrected chi connectivity index (χ1v) is 9.18. The Morgan fingerprint density at radius 2 is 1.89 bits per heavy atom. The standard InChI is InChI=1S/C20H16Cl2FNO4/c1-3-28-19(26)8-12-10(2)24(17-9-16(23)18(25)7-13(12)17)20(27)11-4-5-14(21)15(22)6-11/h4-7,9,25H,3,8H2,1-2H3. The highest BCUT2D eigenvalue weighted by Crippen LogP contribution is 2.33. The molecule has 0 spiro atoms. The lowest BCUT2D eigenvalue weighted by Gasteiger charge is -2.09. The second-order valence-electron chi connectivity index (χ2n) is 6.14. The lowest BCUT2D eigenvalue weighted by atomic mass is 10.1. The van der Waals surface area contributed by atoms with E-state index in [-0.39, 0.29) is 29.1 Å². The molecule has 0 fully saturated rings. The van der Waals surface area contributed by atoms with Gasteiger partial charge >= 0.3 is 5.97 Å². The van der Waals surface area contributed by atoms with Crippen LogP contribution < -0.4 is 0 Å². The highest BCUT2D eigenvalue weighted by molar-refractivity contribution is 6.42. The summed E-state index contributed by atoms with van der Waals surface area (Å²) in [4.78, 5) is 25.1. The van der Waals surface area contributed by atoms with Crippen molar-refractivity contribution >= 4 is 46.0 Å². The topological polar surface area (TPSA) is 68.5 Å². The summed E-state index contributed by atoms with van der Waals surface area (Å²) >= 11 is 11.9. The van der Waals surface area contributed by atoms with Gasteiger partial charge in [-0.05, 0) is 43.7 Å². The summed E-state index contributed by atoms with van der Waals surface area (Å²) in [6, 6.07) is 6.67. The van der Waals surface area contributed by atoms with Gasteiger partial charge < -0.3 is 9.84 Å². The van der Waals surface area contributed by atoms with Crippen LogP contribution in [-0.2, 0) is 16.0 Å². The van der Waals surface area contributed by atoms with Crippen molar-refractivity contribution in [1.29, 1.82) is 0 Å². The summed E-state index contributed by atoms with van der Waals surface area (Å²) in [7, 11) is 0. The maximum absolute atomic E-state index is 14.0. The molecule has 3 rings (SSSR count). The van der Waals surface area contributed by atoms with Crippen LogP contribution in [0.4, 0.5) is 4.39 Å². The second-order valence-corrected chi connectivity index (χ2v) is 6.95. The smallest absolute Gasteiger partial charge is 0.310 e. The first-order valence-electron chi connectivity index (χ1n) is 8.42. The molecule has 1 aromatic heterocycles. The third-order valence-electron chi connectivity index (χ3n) is 4.40. The molecular weight excluding hydrogens is 408 g/mol. The first-order chi connectivity index (χ1) is 13.2. The van der Waals surface area contributed by atoms with Crippen molar-refractivity contribution in [3.05, 3.63) is 63.0 Å². The predicted octanol–water partition coefficient (Wildman–Crippen LogP) is 4.90. The summed E-state index contributed by atoms with van der Waals surface area (Å²) in [5.74, 6) is -2.41. The second kappa shape index (κ2) is 7.81. The molecule has 0 amide bonds. The minimum atomic E-state index is -0.879. The fourth-order valence-electron chi connectivity index (χ4n) is 3.09. The molecule has 0 bridgehead atoms. The molecule has 0 saturated carbocycles. The van der Waals surface area contributed by atoms with Crippen molar-refractivity contribution in [3.8, 4) is 5.75 Å². The predicted molar refractivity (Wildman–Crippen MR) is 105 cm³/mol. The maximum atomic E-state index is 14.0. The van der Waals surface area contributed by atoms with E-state index in [2.05, 4.69) is 0 Å². The lowest BCUT2D eigenvalue weighted by molar-refractivity contribution is -0.142. The van der Waals surface area contributed by atoms with Crippen molar-refractivity contribution < 1.29 is 23.8 Å². The summed E-state index contributed by atoms with van der Waals surface area (Å²) < 4.78 is 20.3. The molecule has 0 unspecified atom stereocenters. The van der Waals surface area contributed by atoms with Gasteiger partial charge in [-0.15, -0.1) is 0 Å². The van der Waals surface area contributed by atoms with E-state index in [4.69, 9.17) is 27.9 Å². The van der Waals surface area contributed by atoms with E-state index < -0.39 is 23.4 Å². The molecule has 0 atom stereocenters. The Balaban J connectivity index is 2.22. The maximum Gasteiger partial charge on any atom is 0.310 e. The zero-order chi connectivity index (χ0) is 20.6. The molecule has 1 heterocycles. The van der Waals surface area contributed by atoms with Gasteiger partial charge in [-0.1, -0.05) is 23.2 Å². The molecular formula is C20H16Cl2FNO4. The van der Waals surface area contributed by atoms with E-state index in [0.29, 0.717) is 21.7 Å². The molecule has 1 N–H and O–H groups in total. The summed E-state index contributed by atoms with van der Waals surface area (Å²) in [6.07, 6.45) is -0.122. The molecule has 0 aliphatic heterocycles. The number of phenolic OH excluding ortho intramolecular Hbond substituents is 1. The van der Waals surface area contributed by atoms with Gasteiger partial charge in [0, 0.05) is 22.7 Å². The zero-order valence-electron chi connectivity index (χ0n) is 15.1. The number of fused-ring (bicyclic) bond motifs is 1. The van der Waals surface area contributed by atoms with Crippen LogP contribution >= 0.6 is 23.2 Å².